The molecule has 0 aliphatic carbocycles. The molecule has 0 aromatic heterocycles. The monoisotopic (exact) mass is 263 g/mol. The van der Waals surface area contributed by atoms with E-state index in [9.17, 15) is 5.11 Å². The van der Waals surface area contributed by atoms with Crippen molar-refractivity contribution in [3.8, 4) is 5.75 Å². The Balaban J connectivity index is 2.51. The third-order valence-corrected chi connectivity index (χ3v) is 2.99. The number of benzene rings is 1. The van der Waals surface area contributed by atoms with Crippen LogP contribution in [0.15, 0.2) is 59.2 Å². The Labute approximate surface area is 118 Å². The fraction of sp³-hybridized carbons (Fsp3) is 0.125. The largest absolute Gasteiger partial charge is 0.526 e. The van der Waals surface area contributed by atoms with Crippen molar-refractivity contribution < 1.29 is 5.11 Å². The molecule has 0 saturated heterocycles. The molecule has 1 aliphatic heterocycles. The van der Waals surface area contributed by atoms with Crippen LogP contribution in [0, 0.1) is 13.1 Å². The summed E-state index contributed by atoms with van der Waals surface area (Å²) in [7, 11) is 0. The van der Waals surface area contributed by atoms with Gasteiger partial charge in [0.25, 0.3) is 0 Å². The van der Waals surface area contributed by atoms with Gasteiger partial charge in [0.2, 0.25) is 0 Å². The van der Waals surface area contributed by atoms with Gasteiger partial charge in [-0.2, -0.15) is 9.69 Å². The molecule has 0 amide bonds. The van der Waals surface area contributed by atoms with Gasteiger partial charge in [0.1, 0.15) is 18.9 Å². The summed E-state index contributed by atoms with van der Waals surface area (Å²) in [5.74, 6) is 0.270. The number of nitrogens with zero attached hydrogens (tertiary/aromatic N) is 3. The topological polar surface area (TPSA) is 32.2 Å². The maximum atomic E-state index is 9.58. The summed E-state index contributed by atoms with van der Waals surface area (Å²) >= 11 is 0. The zero-order chi connectivity index (χ0) is 14.7. The van der Waals surface area contributed by atoms with Crippen LogP contribution in [0.2, 0.25) is 0 Å². The van der Waals surface area contributed by atoms with Gasteiger partial charge < -0.3 is 10.0 Å². The molecule has 0 fully saturated rings. The lowest BCUT2D eigenvalue weighted by molar-refractivity contribution is 0.475. The molecule has 0 saturated carbocycles. The summed E-state index contributed by atoms with van der Waals surface area (Å²) in [5.41, 5.74) is 3.27. The van der Waals surface area contributed by atoms with Crippen LogP contribution in [0.3, 0.4) is 0 Å². The summed E-state index contributed by atoms with van der Waals surface area (Å²) in [6.07, 6.45) is 3.62. The van der Waals surface area contributed by atoms with Crippen molar-refractivity contribution in [3.63, 3.8) is 0 Å². The van der Waals surface area contributed by atoms with Crippen LogP contribution in [0.5, 0.6) is 5.75 Å². The third-order valence-electron chi connectivity index (χ3n) is 2.99. The van der Waals surface area contributed by atoms with Crippen LogP contribution >= 0.6 is 0 Å². The lowest BCUT2D eigenvalue weighted by Crippen LogP contribution is -2.21. The van der Waals surface area contributed by atoms with E-state index < -0.39 is 0 Å². The normalized spacial score (nSPS) is 14.0. The van der Waals surface area contributed by atoms with Crippen molar-refractivity contribution in [1.29, 1.82) is 0 Å². The average molecular weight is 263 g/mol. The molecule has 2 rings (SSSR count). The van der Waals surface area contributed by atoms with E-state index in [1.165, 1.54) is 0 Å². The van der Waals surface area contributed by atoms with E-state index in [0.29, 0.717) is 5.57 Å². The Morgan fingerprint density at radius 3 is 2.20 bits per heavy atom. The average Bonchev–Trinajstić information content (AvgIpc) is 2.39. The van der Waals surface area contributed by atoms with Crippen molar-refractivity contribution in [2.75, 3.05) is 4.90 Å². The standard InChI is InChI=1S/C16H13N3O/c1-11-8-13(16(17-3)18-4)9-12(2)19(11)14-6-5-7-15(20)10-14/h5-10,20H,1-2H3. The first-order valence-electron chi connectivity index (χ1n) is 6.01. The first-order valence-corrected chi connectivity index (χ1v) is 6.01. The molecule has 98 valence electrons. The van der Waals surface area contributed by atoms with E-state index in [1.807, 2.05) is 37.0 Å². The molecule has 0 radical (unpaired) electrons. The zero-order valence-corrected chi connectivity index (χ0v) is 11.3. The SMILES string of the molecule is [C-]#[N+]C([N+]#[C-])=C1C=C(C)N(c2cccc(O)c2)C(C)=C1. The third kappa shape index (κ3) is 2.41. The molecule has 1 heterocycles. The maximum Gasteiger partial charge on any atom is 0.526 e. The minimum absolute atomic E-state index is 0.0688. The summed E-state index contributed by atoms with van der Waals surface area (Å²) in [4.78, 5) is 8.44. The predicted molar refractivity (Wildman–Crippen MR) is 78.3 cm³/mol. The highest BCUT2D eigenvalue weighted by Crippen LogP contribution is 2.32. The quantitative estimate of drug-likeness (QED) is 0.774. The van der Waals surface area contributed by atoms with Gasteiger partial charge in [-0.25, -0.2) is 0 Å². The Morgan fingerprint density at radius 1 is 1.10 bits per heavy atom. The number of phenols is 1. The Morgan fingerprint density at radius 2 is 1.70 bits per heavy atom. The van der Waals surface area contributed by atoms with Gasteiger partial charge in [0.15, 0.2) is 0 Å². The molecule has 1 N–H and O–H groups in total. The Hall–Kier alpha value is -2.98. The second-order valence-corrected chi connectivity index (χ2v) is 4.43. The van der Waals surface area contributed by atoms with Gasteiger partial charge in [0, 0.05) is 23.1 Å². The highest BCUT2D eigenvalue weighted by Gasteiger charge is 2.20. The van der Waals surface area contributed by atoms with Gasteiger partial charge >= 0.3 is 5.82 Å². The molecule has 20 heavy (non-hydrogen) atoms. The molecular formula is C16H13N3O. The van der Waals surface area contributed by atoms with Crippen molar-refractivity contribution in [3.05, 3.63) is 82.0 Å². The van der Waals surface area contributed by atoms with Crippen LogP contribution in [-0.4, -0.2) is 5.11 Å². The number of phenolic OH excluding ortho intramolecular Hbond substituents is 1. The van der Waals surface area contributed by atoms with Crippen molar-refractivity contribution in [1.82, 2.24) is 0 Å². The number of hydrogen-bond donors (Lipinski definition) is 1. The molecule has 0 spiro atoms. The van der Waals surface area contributed by atoms with Gasteiger partial charge in [-0.3, -0.25) is 0 Å². The van der Waals surface area contributed by atoms with Gasteiger partial charge in [-0.05, 0) is 38.1 Å². The lowest BCUT2D eigenvalue weighted by atomic mass is 10.1. The summed E-state index contributed by atoms with van der Waals surface area (Å²) in [6, 6.07) is 6.97. The predicted octanol–water partition coefficient (Wildman–Crippen LogP) is 4.07. The van der Waals surface area contributed by atoms with Crippen LogP contribution in [0.25, 0.3) is 9.69 Å². The maximum absolute atomic E-state index is 9.58. The second kappa shape index (κ2) is 5.34. The molecule has 0 unspecified atom stereocenters. The zero-order valence-electron chi connectivity index (χ0n) is 11.3. The highest BCUT2D eigenvalue weighted by molar-refractivity contribution is 5.64. The first kappa shape index (κ1) is 13.5. The van der Waals surface area contributed by atoms with E-state index >= 15 is 0 Å². The van der Waals surface area contributed by atoms with Crippen LogP contribution in [0.1, 0.15) is 13.8 Å². The Bertz CT molecular complexity index is 689. The fourth-order valence-corrected chi connectivity index (χ4v) is 2.22. The van der Waals surface area contributed by atoms with Crippen molar-refractivity contribution in [2.45, 2.75) is 13.8 Å². The van der Waals surface area contributed by atoms with E-state index in [4.69, 9.17) is 13.1 Å². The smallest absolute Gasteiger partial charge is 0.508 e. The van der Waals surface area contributed by atoms with Crippen LogP contribution < -0.4 is 4.90 Å². The number of aromatic hydroxyl groups is 1. The summed E-state index contributed by atoms with van der Waals surface area (Å²) < 4.78 is 0. The minimum Gasteiger partial charge on any atom is -0.508 e. The van der Waals surface area contributed by atoms with Crippen LogP contribution in [0.4, 0.5) is 5.69 Å². The van der Waals surface area contributed by atoms with E-state index in [2.05, 4.69) is 9.69 Å². The Kier molecular flexibility index (Phi) is 3.59. The summed E-state index contributed by atoms with van der Waals surface area (Å²) in [6.45, 7) is 17.9. The van der Waals surface area contributed by atoms with Crippen molar-refractivity contribution >= 4 is 5.69 Å². The number of allylic oxidation sites excluding steroid dienone is 5. The molecular weight excluding hydrogens is 250 g/mol. The fourth-order valence-electron chi connectivity index (χ4n) is 2.22. The van der Waals surface area contributed by atoms with E-state index in [0.717, 1.165) is 17.1 Å². The van der Waals surface area contributed by atoms with Crippen molar-refractivity contribution in [2.24, 2.45) is 0 Å². The molecule has 0 bridgehead atoms. The van der Waals surface area contributed by atoms with Gasteiger partial charge in [-0.1, -0.05) is 6.07 Å². The van der Waals surface area contributed by atoms with Gasteiger partial charge in [-0.15, -0.1) is 0 Å². The molecule has 1 aromatic rings. The number of rotatable bonds is 1. The first-order chi connectivity index (χ1) is 9.56. The second-order valence-electron chi connectivity index (χ2n) is 4.43. The molecule has 4 heteroatoms. The number of anilines is 1. The van der Waals surface area contributed by atoms with E-state index in [-0.39, 0.29) is 11.6 Å². The lowest BCUT2D eigenvalue weighted by Gasteiger charge is -2.29. The van der Waals surface area contributed by atoms with Crippen LogP contribution in [-0.2, 0) is 0 Å². The molecule has 1 aliphatic rings. The van der Waals surface area contributed by atoms with E-state index in [1.54, 1.807) is 18.2 Å². The number of hydrogen-bond acceptors (Lipinski definition) is 2. The minimum atomic E-state index is 0.0688. The molecule has 4 nitrogen and oxygen atoms in total. The highest BCUT2D eigenvalue weighted by atomic mass is 16.3. The molecule has 0 atom stereocenters. The molecule has 1 aromatic carbocycles. The summed E-state index contributed by atoms with van der Waals surface area (Å²) in [5, 5.41) is 9.58. The van der Waals surface area contributed by atoms with Gasteiger partial charge in [0.05, 0.1) is 5.57 Å².